The minimum atomic E-state index is -0.767. The average Bonchev–Trinajstić information content (AvgIpc) is 2.42. The molecule has 0 aliphatic rings. The fourth-order valence-corrected chi connectivity index (χ4v) is 2.34. The molecule has 0 saturated heterocycles. The number of carbonyl (C=O) groups excluding carboxylic acids is 1. The lowest BCUT2D eigenvalue weighted by molar-refractivity contribution is 0.155. The summed E-state index contributed by atoms with van der Waals surface area (Å²) in [5.41, 5.74) is 0.734. The molecule has 2 aromatic carbocycles. The molecular formula is C14H10BrClFNO2. The second kappa shape index (κ2) is 6.72. The van der Waals surface area contributed by atoms with Crippen LogP contribution in [-0.4, -0.2) is 6.09 Å². The van der Waals surface area contributed by atoms with E-state index in [2.05, 4.69) is 21.2 Å². The fraction of sp³-hybridized carbons (Fsp3) is 0.0714. The third-order valence-electron chi connectivity index (χ3n) is 2.45. The summed E-state index contributed by atoms with van der Waals surface area (Å²) in [7, 11) is 0. The van der Waals surface area contributed by atoms with E-state index in [-0.39, 0.29) is 17.3 Å². The summed E-state index contributed by atoms with van der Waals surface area (Å²) in [6.45, 7) is 0.0996. The van der Waals surface area contributed by atoms with Gasteiger partial charge < -0.3 is 4.74 Å². The van der Waals surface area contributed by atoms with Crippen molar-refractivity contribution >= 4 is 39.3 Å². The predicted molar refractivity (Wildman–Crippen MR) is 79.4 cm³/mol. The van der Waals surface area contributed by atoms with E-state index in [9.17, 15) is 9.18 Å². The highest BCUT2D eigenvalue weighted by Gasteiger charge is 2.13. The Balaban J connectivity index is 1.98. The van der Waals surface area contributed by atoms with Crippen molar-refractivity contribution in [3.05, 3.63) is 63.3 Å². The Labute approximate surface area is 128 Å². The van der Waals surface area contributed by atoms with Crippen molar-refractivity contribution in [2.24, 2.45) is 0 Å². The summed E-state index contributed by atoms with van der Waals surface area (Å²) in [6.07, 6.45) is -0.767. The highest BCUT2D eigenvalue weighted by atomic mass is 79.9. The van der Waals surface area contributed by atoms with Gasteiger partial charge in [-0.25, -0.2) is 9.18 Å². The number of amides is 1. The van der Waals surface area contributed by atoms with Gasteiger partial charge in [0.05, 0.1) is 10.7 Å². The summed E-state index contributed by atoms with van der Waals surface area (Å²) in [5, 5.41) is 2.38. The van der Waals surface area contributed by atoms with Crippen LogP contribution in [0, 0.1) is 5.82 Å². The third-order valence-corrected chi connectivity index (χ3v) is 3.20. The minimum absolute atomic E-state index is 0.0912. The molecule has 20 heavy (non-hydrogen) atoms. The lowest BCUT2D eigenvalue weighted by Crippen LogP contribution is -2.14. The van der Waals surface area contributed by atoms with Crippen LogP contribution in [0.15, 0.2) is 46.9 Å². The van der Waals surface area contributed by atoms with Crippen LogP contribution in [0.4, 0.5) is 14.9 Å². The van der Waals surface area contributed by atoms with Gasteiger partial charge in [-0.1, -0.05) is 57.9 Å². The van der Waals surface area contributed by atoms with Gasteiger partial charge in [-0.15, -0.1) is 0 Å². The van der Waals surface area contributed by atoms with Gasteiger partial charge in [0.25, 0.3) is 0 Å². The number of benzene rings is 2. The minimum Gasteiger partial charge on any atom is -0.444 e. The summed E-state index contributed by atoms with van der Waals surface area (Å²) in [4.78, 5) is 11.6. The molecule has 0 aromatic heterocycles. The first kappa shape index (κ1) is 14.8. The van der Waals surface area contributed by atoms with E-state index in [4.69, 9.17) is 16.3 Å². The largest absolute Gasteiger partial charge is 0.444 e. The van der Waals surface area contributed by atoms with Crippen molar-refractivity contribution in [3.63, 3.8) is 0 Å². The van der Waals surface area contributed by atoms with Gasteiger partial charge in [0, 0.05) is 4.47 Å². The Morgan fingerprint density at radius 2 is 2.00 bits per heavy atom. The van der Waals surface area contributed by atoms with Gasteiger partial charge in [-0.2, -0.15) is 0 Å². The van der Waals surface area contributed by atoms with Crippen molar-refractivity contribution in [3.8, 4) is 0 Å². The zero-order valence-corrected chi connectivity index (χ0v) is 12.5. The number of anilines is 1. The van der Waals surface area contributed by atoms with Crippen LogP contribution in [0.2, 0.25) is 5.02 Å². The molecule has 0 saturated carbocycles. The van der Waals surface area contributed by atoms with E-state index in [0.29, 0.717) is 4.47 Å². The molecule has 2 aromatic rings. The van der Waals surface area contributed by atoms with E-state index in [1.54, 1.807) is 0 Å². The molecule has 0 atom stereocenters. The van der Waals surface area contributed by atoms with Crippen LogP contribution < -0.4 is 5.32 Å². The number of ether oxygens (including phenoxy) is 1. The van der Waals surface area contributed by atoms with Crippen LogP contribution >= 0.6 is 27.5 Å². The number of rotatable bonds is 3. The summed E-state index contributed by atoms with van der Waals surface area (Å²) in [5.74, 6) is -0.638. The molecule has 0 aliphatic heterocycles. The van der Waals surface area contributed by atoms with Crippen LogP contribution in [0.1, 0.15) is 5.56 Å². The maximum Gasteiger partial charge on any atom is 0.412 e. The molecule has 0 bridgehead atoms. The maximum absolute atomic E-state index is 13.7. The molecule has 0 heterocycles. The second-order valence-corrected chi connectivity index (χ2v) is 5.25. The number of nitrogens with one attached hydrogen (secondary N) is 1. The normalized spacial score (nSPS) is 10.2. The van der Waals surface area contributed by atoms with E-state index >= 15 is 0 Å². The predicted octanol–water partition coefficient (Wildman–Crippen LogP) is 4.99. The number of hydrogen-bond donors (Lipinski definition) is 1. The van der Waals surface area contributed by atoms with E-state index in [1.165, 1.54) is 12.1 Å². The third kappa shape index (κ3) is 3.95. The molecular weight excluding hydrogens is 349 g/mol. The molecule has 104 valence electrons. The molecule has 1 N–H and O–H groups in total. The molecule has 3 nitrogen and oxygen atoms in total. The zero-order chi connectivity index (χ0) is 14.5. The fourth-order valence-electron chi connectivity index (χ4n) is 1.52. The smallest absolute Gasteiger partial charge is 0.412 e. The summed E-state index contributed by atoms with van der Waals surface area (Å²) in [6, 6.07) is 11.9. The molecule has 2 rings (SSSR count). The van der Waals surface area contributed by atoms with Crippen LogP contribution in [0.3, 0.4) is 0 Å². The van der Waals surface area contributed by atoms with Crippen molar-refractivity contribution in [1.82, 2.24) is 0 Å². The Bertz CT molecular complexity index is 599. The zero-order valence-electron chi connectivity index (χ0n) is 10.2. The van der Waals surface area contributed by atoms with Gasteiger partial charge in [-0.05, 0) is 17.7 Å². The standard InChI is InChI=1S/C14H10BrClFNO2/c15-10-6-11(16)13(12(17)7-10)18-14(19)20-8-9-4-2-1-3-5-9/h1-7H,8H2,(H,18,19). The maximum atomic E-state index is 13.7. The number of hydrogen-bond acceptors (Lipinski definition) is 2. The van der Waals surface area contributed by atoms with Crippen LogP contribution in [0.25, 0.3) is 0 Å². The lowest BCUT2D eigenvalue weighted by Gasteiger charge is -2.09. The van der Waals surface area contributed by atoms with Gasteiger partial charge in [0.15, 0.2) is 0 Å². The Morgan fingerprint density at radius 3 is 2.65 bits per heavy atom. The van der Waals surface area contributed by atoms with Gasteiger partial charge >= 0.3 is 6.09 Å². The molecule has 6 heteroatoms. The first-order chi connectivity index (χ1) is 9.56. The van der Waals surface area contributed by atoms with Gasteiger partial charge in [0.1, 0.15) is 12.4 Å². The van der Waals surface area contributed by atoms with Gasteiger partial charge in [0.2, 0.25) is 0 Å². The van der Waals surface area contributed by atoms with E-state index in [0.717, 1.165) is 5.56 Å². The SMILES string of the molecule is O=C(Nc1c(F)cc(Br)cc1Cl)OCc1ccccc1. The van der Waals surface area contributed by atoms with Crippen LogP contribution in [-0.2, 0) is 11.3 Å². The van der Waals surface area contributed by atoms with Crippen molar-refractivity contribution in [1.29, 1.82) is 0 Å². The van der Waals surface area contributed by atoms with Gasteiger partial charge in [-0.3, -0.25) is 5.32 Å². The molecule has 0 unspecified atom stereocenters. The molecule has 1 amide bonds. The van der Waals surface area contributed by atoms with E-state index in [1.807, 2.05) is 30.3 Å². The highest BCUT2D eigenvalue weighted by molar-refractivity contribution is 9.10. The van der Waals surface area contributed by atoms with Crippen molar-refractivity contribution in [2.75, 3.05) is 5.32 Å². The highest BCUT2D eigenvalue weighted by Crippen LogP contribution is 2.29. The average molecular weight is 359 g/mol. The molecule has 0 fully saturated rings. The monoisotopic (exact) mass is 357 g/mol. The van der Waals surface area contributed by atoms with Crippen molar-refractivity contribution in [2.45, 2.75) is 6.61 Å². The summed E-state index contributed by atoms with van der Waals surface area (Å²) >= 11 is 8.96. The first-order valence-corrected chi connectivity index (χ1v) is 6.85. The quantitative estimate of drug-likeness (QED) is 0.839. The summed E-state index contributed by atoms with van der Waals surface area (Å²) < 4.78 is 19.1. The Kier molecular flexibility index (Phi) is 4.98. The second-order valence-electron chi connectivity index (χ2n) is 3.93. The topological polar surface area (TPSA) is 38.3 Å². The van der Waals surface area contributed by atoms with Crippen LogP contribution in [0.5, 0.6) is 0 Å². The molecule has 0 aliphatic carbocycles. The Morgan fingerprint density at radius 1 is 1.30 bits per heavy atom. The van der Waals surface area contributed by atoms with Crippen molar-refractivity contribution < 1.29 is 13.9 Å². The lowest BCUT2D eigenvalue weighted by atomic mass is 10.2. The molecule has 0 radical (unpaired) electrons. The Hall–Kier alpha value is -1.59. The van der Waals surface area contributed by atoms with E-state index < -0.39 is 11.9 Å². The number of halogens is 3. The first-order valence-electron chi connectivity index (χ1n) is 5.68. The number of carbonyl (C=O) groups is 1. The molecule has 0 spiro atoms.